The van der Waals surface area contributed by atoms with Crippen LogP contribution in [0.4, 0.5) is 15.8 Å². The first kappa shape index (κ1) is 22.8. The first-order chi connectivity index (χ1) is 15.8. The first-order valence-corrected chi connectivity index (χ1v) is 11.4. The molecule has 4 rings (SSSR count). The number of nitrogens with zero attached hydrogens (tertiary/aromatic N) is 2. The molecule has 0 spiro atoms. The van der Waals surface area contributed by atoms with Crippen molar-refractivity contribution < 1.29 is 36.7 Å². The molecule has 2 heterocycles. The van der Waals surface area contributed by atoms with Crippen molar-refractivity contribution in [2.75, 3.05) is 49.7 Å². The van der Waals surface area contributed by atoms with E-state index in [-0.39, 0.29) is 37.7 Å². The number of esters is 1. The highest BCUT2D eigenvalue weighted by atomic mass is 32.2. The van der Waals surface area contributed by atoms with Crippen LogP contribution >= 0.6 is 0 Å². The van der Waals surface area contributed by atoms with E-state index < -0.39 is 45.8 Å². The van der Waals surface area contributed by atoms with Crippen LogP contribution in [0.25, 0.3) is 0 Å². The van der Waals surface area contributed by atoms with Crippen LogP contribution in [0.1, 0.15) is 10.4 Å². The summed E-state index contributed by atoms with van der Waals surface area (Å²) in [4.78, 5) is 37.9. The molecule has 1 saturated heterocycles. The molecule has 2 aliphatic heterocycles. The van der Waals surface area contributed by atoms with Crippen molar-refractivity contribution in [2.45, 2.75) is 4.90 Å². The highest BCUT2D eigenvalue weighted by Gasteiger charge is 2.30. The molecule has 0 aliphatic carbocycles. The van der Waals surface area contributed by atoms with E-state index >= 15 is 0 Å². The van der Waals surface area contributed by atoms with Crippen molar-refractivity contribution in [1.82, 2.24) is 4.31 Å². The number of hydrogen-bond donors (Lipinski definition) is 1. The van der Waals surface area contributed by atoms with Crippen LogP contribution in [0, 0.1) is 5.82 Å². The summed E-state index contributed by atoms with van der Waals surface area (Å²) in [6, 6.07) is 9.41. The largest absolute Gasteiger partial charge is 0.452 e. The Hall–Kier alpha value is -3.35. The van der Waals surface area contributed by atoms with Crippen LogP contribution in [0.2, 0.25) is 0 Å². The zero-order chi connectivity index (χ0) is 23.6. The van der Waals surface area contributed by atoms with Crippen LogP contribution in [-0.2, 0) is 29.1 Å². The van der Waals surface area contributed by atoms with E-state index in [1.54, 1.807) is 24.3 Å². The number of sulfonamides is 1. The van der Waals surface area contributed by atoms with Gasteiger partial charge in [0.15, 0.2) is 6.61 Å². The molecule has 0 bridgehead atoms. The van der Waals surface area contributed by atoms with E-state index in [1.807, 2.05) is 0 Å². The summed E-state index contributed by atoms with van der Waals surface area (Å²) in [5, 5.41) is 2.63. The molecule has 2 aliphatic rings. The van der Waals surface area contributed by atoms with E-state index in [1.165, 1.54) is 4.31 Å². The van der Waals surface area contributed by atoms with Gasteiger partial charge in [0, 0.05) is 13.1 Å². The number of anilines is 2. The quantitative estimate of drug-likeness (QED) is 0.637. The van der Waals surface area contributed by atoms with Gasteiger partial charge >= 0.3 is 5.97 Å². The van der Waals surface area contributed by atoms with Gasteiger partial charge in [-0.25, -0.2) is 17.6 Å². The van der Waals surface area contributed by atoms with E-state index in [2.05, 4.69) is 5.32 Å². The summed E-state index contributed by atoms with van der Waals surface area (Å²) in [6.07, 6.45) is 0. The molecule has 0 atom stereocenters. The van der Waals surface area contributed by atoms with Gasteiger partial charge in [0.2, 0.25) is 15.9 Å². The van der Waals surface area contributed by atoms with Gasteiger partial charge in [0.05, 0.1) is 35.0 Å². The van der Waals surface area contributed by atoms with E-state index in [9.17, 15) is 27.2 Å². The Morgan fingerprint density at radius 1 is 1.12 bits per heavy atom. The van der Waals surface area contributed by atoms with Gasteiger partial charge in [0.25, 0.3) is 5.91 Å². The minimum absolute atomic E-state index is 0.138. The number of hydrogen-bond acceptors (Lipinski definition) is 7. The summed E-state index contributed by atoms with van der Waals surface area (Å²) >= 11 is 0. The summed E-state index contributed by atoms with van der Waals surface area (Å²) in [7, 11) is -3.96. The molecule has 0 radical (unpaired) electrons. The average molecular weight is 477 g/mol. The Labute approximate surface area is 188 Å². The Balaban J connectivity index is 1.48. The van der Waals surface area contributed by atoms with E-state index in [0.717, 1.165) is 23.1 Å². The molecule has 1 fully saturated rings. The number of para-hydroxylation sites is 2. The lowest BCUT2D eigenvalue weighted by Crippen LogP contribution is -2.44. The lowest BCUT2D eigenvalue weighted by molar-refractivity contribution is -0.124. The maximum Gasteiger partial charge on any atom is 0.341 e. The molecule has 2 aromatic carbocycles. The molecule has 10 nitrogen and oxygen atoms in total. The SMILES string of the molecule is O=C1CN(C(=O)COC(=O)c2cc(S(=O)(=O)N3CCOCC3)ccc2F)c2ccccc2N1. The minimum atomic E-state index is -3.96. The predicted molar refractivity (Wildman–Crippen MR) is 114 cm³/mol. The molecule has 174 valence electrons. The van der Waals surface area contributed by atoms with Crippen LogP contribution in [0.3, 0.4) is 0 Å². The maximum atomic E-state index is 14.3. The molecule has 12 heteroatoms. The highest BCUT2D eigenvalue weighted by molar-refractivity contribution is 7.89. The van der Waals surface area contributed by atoms with Crippen LogP contribution < -0.4 is 10.2 Å². The summed E-state index contributed by atoms with van der Waals surface area (Å²) < 4.78 is 51.2. The second-order valence-corrected chi connectivity index (χ2v) is 9.22. The maximum absolute atomic E-state index is 14.3. The van der Waals surface area contributed by atoms with Crippen LogP contribution in [0.5, 0.6) is 0 Å². The number of fused-ring (bicyclic) bond motifs is 1. The smallest absolute Gasteiger partial charge is 0.341 e. The number of halogens is 1. The van der Waals surface area contributed by atoms with Crippen LogP contribution in [0.15, 0.2) is 47.4 Å². The lowest BCUT2D eigenvalue weighted by Gasteiger charge is -2.28. The third-order valence-electron chi connectivity index (χ3n) is 5.16. The fraction of sp³-hybridized carbons (Fsp3) is 0.286. The molecule has 1 N–H and O–H groups in total. The summed E-state index contributed by atoms with van der Waals surface area (Å²) in [5.74, 6) is -3.30. The normalized spacial score (nSPS) is 16.6. The molecule has 0 aromatic heterocycles. The monoisotopic (exact) mass is 477 g/mol. The van der Waals surface area contributed by atoms with Crippen molar-refractivity contribution in [2.24, 2.45) is 0 Å². The summed E-state index contributed by atoms with van der Waals surface area (Å²) in [6.45, 7) is -0.294. The second-order valence-electron chi connectivity index (χ2n) is 7.28. The average Bonchev–Trinajstić information content (AvgIpc) is 2.82. The number of carbonyl (C=O) groups is 3. The minimum Gasteiger partial charge on any atom is -0.452 e. The van der Waals surface area contributed by atoms with Crippen molar-refractivity contribution in [3.8, 4) is 0 Å². The molecule has 2 aromatic rings. The first-order valence-electron chi connectivity index (χ1n) is 10.0. The number of amides is 2. The molecule has 0 saturated carbocycles. The molecule has 33 heavy (non-hydrogen) atoms. The van der Waals surface area contributed by atoms with Crippen LogP contribution in [-0.4, -0.2) is 70.0 Å². The van der Waals surface area contributed by atoms with Gasteiger partial charge in [-0.1, -0.05) is 12.1 Å². The Kier molecular flexibility index (Phi) is 6.40. The number of benzene rings is 2. The topological polar surface area (TPSA) is 122 Å². The standard InChI is InChI=1S/C21H20FN3O7S/c22-16-6-5-14(33(29,30)24-7-9-31-10-8-24)11-15(16)21(28)32-13-20(27)25-12-19(26)23-17-3-1-2-4-18(17)25/h1-6,11H,7-10,12-13H2,(H,23,26). The molecular formula is C21H20FN3O7S. The highest BCUT2D eigenvalue weighted by Crippen LogP contribution is 2.29. The van der Waals surface area contributed by atoms with Crippen molar-refractivity contribution in [1.29, 1.82) is 0 Å². The van der Waals surface area contributed by atoms with Crippen molar-refractivity contribution in [3.63, 3.8) is 0 Å². The van der Waals surface area contributed by atoms with Gasteiger partial charge < -0.3 is 14.8 Å². The summed E-state index contributed by atoms with van der Waals surface area (Å²) in [5.41, 5.74) is 0.248. The van der Waals surface area contributed by atoms with Crippen molar-refractivity contribution in [3.05, 3.63) is 53.8 Å². The number of rotatable bonds is 5. The predicted octanol–water partition coefficient (Wildman–Crippen LogP) is 0.989. The number of nitrogens with one attached hydrogen (secondary N) is 1. The number of morpholine rings is 1. The zero-order valence-electron chi connectivity index (χ0n) is 17.3. The van der Waals surface area contributed by atoms with Gasteiger partial charge in [-0.05, 0) is 30.3 Å². The molecule has 0 unspecified atom stereocenters. The fourth-order valence-corrected chi connectivity index (χ4v) is 4.93. The van der Waals surface area contributed by atoms with Gasteiger partial charge in [-0.3, -0.25) is 14.5 Å². The fourth-order valence-electron chi connectivity index (χ4n) is 3.50. The van der Waals surface area contributed by atoms with Gasteiger partial charge in [-0.2, -0.15) is 4.31 Å². The van der Waals surface area contributed by atoms with Crippen molar-refractivity contribution >= 4 is 39.2 Å². The molecular weight excluding hydrogens is 457 g/mol. The number of ether oxygens (including phenoxy) is 2. The van der Waals surface area contributed by atoms with E-state index in [0.29, 0.717) is 11.4 Å². The third-order valence-corrected chi connectivity index (χ3v) is 7.06. The Bertz CT molecular complexity index is 1210. The lowest BCUT2D eigenvalue weighted by atomic mass is 10.2. The zero-order valence-corrected chi connectivity index (χ0v) is 18.1. The van der Waals surface area contributed by atoms with E-state index in [4.69, 9.17) is 9.47 Å². The Morgan fingerprint density at radius 2 is 1.85 bits per heavy atom. The van der Waals surface area contributed by atoms with Gasteiger partial charge in [-0.15, -0.1) is 0 Å². The second kappa shape index (κ2) is 9.25. The van der Waals surface area contributed by atoms with Gasteiger partial charge in [0.1, 0.15) is 12.4 Å². The molecule has 2 amide bonds. The Morgan fingerprint density at radius 3 is 2.61 bits per heavy atom. The number of carbonyl (C=O) groups excluding carboxylic acids is 3. The third kappa shape index (κ3) is 4.72.